The van der Waals surface area contributed by atoms with Crippen LogP contribution in [0.4, 0.5) is 4.79 Å². The molecular weight excluding hydrogens is 500 g/mol. The van der Waals surface area contributed by atoms with Gasteiger partial charge in [0.25, 0.3) is 11.1 Å². The van der Waals surface area contributed by atoms with E-state index in [4.69, 9.17) is 16.3 Å². The summed E-state index contributed by atoms with van der Waals surface area (Å²) in [6.45, 7) is 3.43. The van der Waals surface area contributed by atoms with Crippen molar-refractivity contribution in [1.82, 2.24) is 9.47 Å². The minimum Gasteiger partial charge on any atom is -0.490 e. The van der Waals surface area contributed by atoms with Crippen molar-refractivity contribution < 1.29 is 14.3 Å². The van der Waals surface area contributed by atoms with Gasteiger partial charge in [-0.3, -0.25) is 14.5 Å². The Labute approximate surface area is 198 Å². The number of hydrogen-bond acceptors (Lipinski definition) is 4. The first-order chi connectivity index (χ1) is 15.0. The molecule has 0 atom stereocenters. The van der Waals surface area contributed by atoms with Gasteiger partial charge < -0.3 is 9.30 Å². The van der Waals surface area contributed by atoms with Crippen molar-refractivity contribution in [3.05, 3.63) is 68.6 Å². The van der Waals surface area contributed by atoms with Crippen LogP contribution in [-0.4, -0.2) is 33.8 Å². The molecule has 5 nitrogen and oxygen atoms in total. The number of imide groups is 1. The molecule has 4 rings (SSSR count). The molecule has 0 bridgehead atoms. The summed E-state index contributed by atoms with van der Waals surface area (Å²) >= 11 is 10.7. The molecule has 1 fully saturated rings. The van der Waals surface area contributed by atoms with Gasteiger partial charge in [-0.25, -0.2) is 0 Å². The number of halogens is 2. The molecule has 0 radical (unpaired) electrons. The van der Waals surface area contributed by atoms with E-state index in [0.29, 0.717) is 35.4 Å². The van der Waals surface area contributed by atoms with Crippen LogP contribution in [0.15, 0.2) is 58.0 Å². The van der Waals surface area contributed by atoms with Gasteiger partial charge in [0, 0.05) is 33.7 Å². The van der Waals surface area contributed by atoms with E-state index < -0.39 is 0 Å². The molecule has 8 heteroatoms. The Kier molecular flexibility index (Phi) is 6.74. The van der Waals surface area contributed by atoms with Crippen molar-refractivity contribution in [1.29, 1.82) is 0 Å². The Hall–Kier alpha value is -2.22. The van der Waals surface area contributed by atoms with E-state index >= 15 is 0 Å². The predicted octanol–water partition coefficient (Wildman–Crippen LogP) is 6.58. The summed E-state index contributed by atoms with van der Waals surface area (Å²) < 4.78 is 8.87. The maximum atomic E-state index is 12.6. The zero-order chi connectivity index (χ0) is 22.0. The molecule has 1 aliphatic rings. The van der Waals surface area contributed by atoms with Crippen LogP contribution in [0.1, 0.15) is 18.9 Å². The van der Waals surface area contributed by atoms with Gasteiger partial charge in [0.15, 0.2) is 0 Å². The third-order valence-corrected chi connectivity index (χ3v) is 6.62. The quantitative estimate of drug-likeness (QED) is 0.331. The molecule has 2 heterocycles. The number of thioether (sulfide) groups is 1. The molecule has 2 amide bonds. The summed E-state index contributed by atoms with van der Waals surface area (Å²) in [5.74, 6) is 0.419. The maximum absolute atomic E-state index is 12.6. The van der Waals surface area contributed by atoms with E-state index in [1.165, 1.54) is 4.90 Å². The molecule has 160 valence electrons. The number of benzene rings is 2. The average Bonchev–Trinajstić information content (AvgIpc) is 3.21. The Morgan fingerprint density at radius 3 is 2.74 bits per heavy atom. The van der Waals surface area contributed by atoms with Gasteiger partial charge >= 0.3 is 0 Å². The zero-order valence-corrected chi connectivity index (χ0v) is 20.0. The maximum Gasteiger partial charge on any atom is 0.293 e. The Morgan fingerprint density at radius 1 is 1.16 bits per heavy atom. The second kappa shape index (κ2) is 9.51. The standard InChI is InChI=1S/C23H20BrClN2O3S/c1-2-9-27-22(28)21(31-23(27)29)12-15-14-26(19-8-7-16(24)13-17(15)19)10-11-30-20-6-4-3-5-18(20)25/h3-8,12-14H,2,9-11H2,1H3/b21-12-. The average molecular weight is 520 g/mol. The number of ether oxygens (including phenoxy) is 1. The highest BCUT2D eigenvalue weighted by atomic mass is 79.9. The lowest BCUT2D eigenvalue weighted by Gasteiger charge is -2.09. The van der Waals surface area contributed by atoms with Crippen molar-refractivity contribution in [3.8, 4) is 5.75 Å². The lowest BCUT2D eigenvalue weighted by atomic mass is 10.1. The second-order valence-electron chi connectivity index (χ2n) is 7.05. The van der Waals surface area contributed by atoms with E-state index in [1.807, 2.05) is 49.5 Å². The SMILES string of the molecule is CCCN1C(=O)S/C(=C\c2cn(CCOc3ccccc3Cl)c3ccc(Br)cc23)C1=O. The van der Waals surface area contributed by atoms with Gasteiger partial charge in [0.2, 0.25) is 0 Å². The first-order valence-electron chi connectivity index (χ1n) is 9.89. The molecule has 1 saturated heterocycles. The van der Waals surface area contributed by atoms with Crippen molar-refractivity contribution in [2.24, 2.45) is 0 Å². The molecule has 0 N–H and O–H groups in total. The van der Waals surface area contributed by atoms with Crippen molar-refractivity contribution in [2.75, 3.05) is 13.2 Å². The summed E-state index contributed by atoms with van der Waals surface area (Å²) in [5, 5.41) is 1.36. The van der Waals surface area contributed by atoms with Crippen LogP contribution in [0.3, 0.4) is 0 Å². The summed E-state index contributed by atoms with van der Waals surface area (Å²) in [7, 11) is 0. The first kappa shape index (κ1) is 22.0. The van der Waals surface area contributed by atoms with Crippen LogP contribution in [-0.2, 0) is 11.3 Å². The van der Waals surface area contributed by atoms with Crippen molar-refractivity contribution in [3.63, 3.8) is 0 Å². The normalized spacial score (nSPS) is 15.5. The van der Waals surface area contributed by atoms with Crippen molar-refractivity contribution >= 4 is 67.4 Å². The summed E-state index contributed by atoms with van der Waals surface area (Å²) in [4.78, 5) is 26.6. The lowest BCUT2D eigenvalue weighted by molar-refractivity contribution is -0.122. The van der Waals surface area contributed by atoms with Crippen LogP contribution < -0.4 is 4.74 Å². The van der Waals surface area contributed by atoms with Gasteiger partial charge in [-0.15, -0.1) is 0 Å². The number of nitrogens with zero attached hydrogens (tertiary/aromatic N) is 2. The Bertz CT molecular complexity index is 1190. The van der Waals surface area contributed by atoms with Crippen LogP contribution in [0.5, 0.6) is 5.75 Å². The highest BCUT2D eigenvalue weighted by Gasteiger charge is 2.34. The molecule has 31 heavy (non-hydrogen) atoms. The largest absolute Gasteiger partial charge is 0.490 e. The Balaban J connectivity index is 1.61. The molecule has 2 aromatic carbocycles. The second-order valence-corrected chi connectivity index (χ2v) is 9.37. The number of aromatic nitrogens is 1. The summed E-state index contributed by atoms with van der Waals surface area (Å²) in [5.41, 5.74) is 1.90. The van der Waals surface area contributed by atoms with E-state index in [1.54, 1.807) is 12.1 Å². The topological polar surface area (TPSA) is 51.5 Å². The van der Waals surface area contributed by atoms with Gasteiger partial charge in [0.05, 0.1) is 16.5 Å². The van der Waals surface area contributed by atoms with Gasteiger partial charge in [-0.05, 0) is 54.6 Å². The number of para-hydroxylation sites is 1. The van der Waals surface area contributed by atoms with Crippen molar-refractivity contribution in [2.45, 2.75) is 19.9 Å². The fraction of sp³-hybridized carbons (Fsp3) is 0.217. The molecule has 1 aromatic heterocycles. The number of amides is 2. The van der Waals surface area contributed by atoms with Gasteiger partial charge in [0.1, 0.15) is 12.4 Å². The molecule has 0 spiro atoms. The van der Waals surface area contributed by atoms with Crippen LogP contribution in [0, 0.1) is 0 Å². The number of hydrogen-bond donors (Lipinski definition) is 0. The fourth-order valence-corrected chi connectivity index (χ4v) is 4.88. The van der Waals surface area contributed by atoms with Crippen LogP contribution in [0.2, 0.25) is 5.02 Å². The van der Waals surface area contributed by atoms with Gasteiger partial charge in [-0.2, -0.15) is 0 Å². The molecule has 0 unspecified atom stereocenters. The van der Waals surface area contributed by atoms with Gasteiger partial charge in [-0.1, -0.05) is 46.6 Å². The molecule has 1 aliphatic heterocycles. The number of carbonyl (C=O) groups excluding carboxylic acids is 2. The molecule has 3 aromatic rings. The predicted molar refractivity (Wildman–Crippen MR) is 130 cm³/mol. The minimum atomic E-state index is -0.227. The lowest BCUT2D eigenvalue weighted by Crippen LogP contribution is -2.28. The Morgan fingerprint density at radius 2 is 1.97 bits per heavy atom. The number of carbonyl (C=O) groups is 2. The highest BCUT2D eigenvalue weighted by Crippen LogP contribution is 2.35. The third kappa shape index (κ3) is 4.68. The fourth-order valence-electron chi connectivity index (χ4n) is 3.47. The first-order valence-corrected chi connectivity index (χ1v) is 11.9. The smallest absolute Gasteiger partial charge is 0.293 e. The third-order valence-electron chi connectivity index (χ3n) is 4.91. The van der Waals surface area contributed by atoms with E-state index in [9.17, 15) is 9.59 Å². The molecule has 0 aliphatic carbocycles. The summed E-state index contributed by atoms with van der Waals surface area (Å²) in [6.07, 6.45) is 4.53. The highest BCUT2D eigenvalue weighted by molar-refractivity contribution is 9.10. The number of rotatable bonds is 7. The van der Waals surface area contributed by atoms with E-state index in [0.717, 1.165) is 39.1 Å². The molecule has 0 saturated carbocycles. The number of fused-ring (bicyclic) bond motifs is 1. The minimum absolute atomic E-state index is 0.212. The van der Waals surface area contributed by atoms with Crippen LogP contribution >= 0.6 is 39.3 Å². The zero-order valence-electron chi connectivity index (χ0n) is 16.8. The summed E-state index contributed by atoms with van der Waals surface area (Å²) in [6, 6.07) is 13.4. The van der Waals surface area contributed by atoms with E-state index in [2.05, 4.69) is 20.5 Å². The molecular formula is C23H20BrClN2O3S. The van der Waals surface area contributed by atoms with E-state index in [-0.39, 0.29) is 11.1 Å². The monoisotopic (exact) mass is 518 g/mol. The van der Waals surface area contributed by atoms with Crippen LogP contribution in [0.25, 0.3) is 17.0 Å².